The Bertz CT molecular complexity index is 334. The van der Waals surface area contributed by atoms with Gasteiger partial charge in [0, 0.05) is 5.56 Å². The molecule has 1 aromatic rings. The van der Waals surface area contributed by atoms with Gasteiger partial charge in [-0.25, -0.2) is 0 Å². The Labute approximate surface area is 84.2 Å². The van der Waals surface area contributed by atoms with Crippen molar-refractivity contribution in [3.8, 4) is 5.75 Å². The van der Waals surface area contributed by atoms with Crippen molar-refractivity contribution in [3.63, 3.8) is 0 Å². The van der Waals surface area contributed by atoms with E-state index in [1.54, 1.807) is 6.92 Å². The van der Waals surface area contributed by atoms with Gasteiger partial charge in [0.15, 0.2) is 0 Å². The molecule has 3 heteroatoms. The Balaban J connectivity index is 3.25. The SMILES string of the molecule is Cc1ccc(C)c([C@H](N)[C@H](C)O)c1O. The van der Waals surface area contributed by atoms with E-state index in [0.717, 1.165) is 11.1 Å². The summed E-state index contributed by atoms with van der Waals surface area (Å²) >= 11 is 0. The third kappa shape index (κ3) is 1.89. The van der Waals surface area contributed by atoms with Crippen molar-refractivity contribution in [2.24, 2.45) is 5.73 Å². The number of rotatable bonds is 2. The maximum Gasteiger partial charge on any atom is 0.123 e. The zero-order valence-electron chi connectivity index (χ0n) is 8.78. The summed E-state index contributed by atoms with van der Waals surface area (Å²) in [7, 11) is 0. The summed E-state index contributed by atoms with van der Waals surface area (Å²) in [5, 5.41) is 19.2. The Morgan fingerprint density at radius 3 is 2.21 bits per heavy atom. The molecule has 0 aromatic heterocycles. The van der Waals surface area contributed by atoms with Crippen molar-refractivity contribution in [2.75, 3.05) is 0 Å². The smallest absolute Gasteiger partial charge is 0.123 e. The van der Waals surface area contributed by atoms with Gasteiger partial charge < -0.3 is 15.9 Å². The van der Waals surface area contributed by atoms with Gasteiger partial charge in [-0.1, -0.05) is 12.1 Å². The zero-order valence-corrected chi connectivity index (χ0v) is 8.78. The molecule has 0 aliphatic rings. The lowest BCUT2D eigenvalue weighted by Gasteiger charge is -2.19. The molecule has 14 heavy (non-hydrogen) atoms. The number of phenols is 1. The van der Waals surface area contributed by atoms with Gasteiger partial charge in [-0.05, 0) is 31.9 Å². The molecule has 0 heterocycles. The van der Waals surface area contributed by atoms with Gasteiger partial charge in [0.2, 0.25) is 0 Å². The number of aliphatic hydroxyl groups is 1. The van der Waals surface area contributed by atoms with Crippen molar-refractivity contribution in [2.45, 2.75) is 32.9 Å². The largest absolute Gasteiger partial charge is 0.507 e. The minimum absolute atomic E-state index is 0.193. The third-order valence-electron chi connectivity index (χ3n) is 2.49. The van der Waals surface area contributed by atoms with Gasteiger partial charge in [0.05, 0.1) is 12.1 Å². The molecule has 0 spiro atoms. The van der Waals surface area contributed by atoms with Crippen LogP contribution in [0.3, 0.4) is 0 Å². The number of aryl methyl sites for hydroxylation is 2. The van der Waals surface area contributed by atoms with E-state index in [9.17, 15) is 10.2 Å². The van der Waals surface area contributed by atoms with Crippen LogP contribution in [-0.4, -0.2) is 16.3 Å². The van der Waals surface area contributed by atoms with Gasteiger partial charge in [-0.2, -0.15) is 0 Å². The topological polar surface area (TPSA) is 66.5 Å². The first-order valence-corrected chi connectivity index (χ1v) is 4.68. The summed E-state index contributed by atoms with van der Waals surface area (Å²) < 4.78 is 0. The lowest BCUT2D eigenvalue weighted by atomic mass is 9.95. The highest BCUT2D eigenvalue weighted by molar-refractivity contribution is 5.46. The molecule has 0 unspecified atom stereocenters. The Morgan fingerprint density at radius 1 is 1.21 bits per heavy atom. The number of hydrogen-bond donors (Lipinski definition) is 3. The van der Waals surface area contributed by atoms with Crippen LogP contribution >= 0.6 is 0 Å². The first-order chi connectivity index (χ1) is 6.45. The van der Waals surface area contributed by atoms with Crippen LogP contribution in [0.2, 0.25) is 0 Å². The van der Waals surface area contributed by atoms with E-state index in [4.69, 9.17) is 5.73 Å². The van der Waals surface area contributed by atoms with E-state index in [1.165, 1.54) is 0 Å². The molecule has 0 aliphatic heterocycles. The first kappa shape index (κ1) is 11.0. The normalized spacial score (nSPS) is 15.2. The molecule has 0 bridgehead atoms. The van der Waals surface area contributed by atoms with E-state index >= 15 is 0 Å². The molecule has 0 aliphatic carbocycles. The minimum Gasteiger partial charge on any atom is -0.507 e. The monoisotopic (exact) mass is 195 g/mol. The van der Waals surface area contributed by atoms with Crippen LogP contribution in [0.5, 0.6) is 5.75 Å². The summed E-state index contributed by atoms with van der Waals surface area (Å²) in [6.07, 6.45) is -0.665. The Kier molecular flexibility index (Phi) is 3.13. The van der Waals surface area contributed by atoms with Crippen molar-refractivity contribution in [1.82, 2.24) is 0 Å². The number of aliphatic hydroxyl groups excluding tert-OH is 1. The number of hydrogen-bond acceptors (Lipinski definition) is 3. The average molecular weight is 195 g/mol. The minimum atomic E-state index is -0.665. The quantitative estimate of drug-likeness (QED) is 0.668. The standard InChI is InChI=1S/C11H17NO2/c1-6-4-5-7(2)11(14)9(6)10(12)8(3)13/h4-5,8,10,13-14H,12H2,1-3H3/t8-,10+/m0/s1. The van der Waals surface area contributed by atoms with Gasteiger partial charge in [-0.3, -0.25) is 0 Å². The van der Waals surface area contributed by atoms with Gasteiger partial charge >= 0.3 is 0 Å². The summed E-state index contributed by atoms with van der Waals surface area (Å²) in [6, 6.07) is 3.20. The average Bonchev–Trinajstić information content (AvgIpc) is 2.12. The molecular weight excluding hydrogens is 178 g/mol. The maximum absolute atomic E-state index is 9.81. The van der Waals surface area contributed by atoms with Crippen LogP contribution in [0, 0.1) is 13.8 Å². The Hall–Kier alpha value is -1.06. The molecule has 0 saturated heterocycles. The van der Waals surface area contributed by atoms with E-state index in [0.29, 0.717) is 5.56 Å². The van der Waals surface area contributed by atoms with Crippen LogP contribution in [0.1, 0.15) is 29.7 Å². The molecule has 0 saturated carbocycles. The third-order valence-corrected chi connectivity index (χ3v) is 2.49. The van der Waals surface area contributed by atoms with Gasteiger partial charge in [0.1, 0.15) is 5.75 Å². The molecule has 2 atom stereocenters. The molecular formula is C11H17NO2. The lowest BCUT2D eigenvalue weighted by Crippen LogP contribution is -2.24. The van der Waals surface area contributed by atoms with Crippen LogP contribution in [-0.2, 0) is 0 Å². The maximum atomic E-state index is 9.81. The highest BCUT2D eigenvalue weighted by Crippen LogP contribution is 2.30. The molecule has 3 nitrogen and oxygen atoms in total. The molecule has 0 amide bonds. The fourth-order valence-corrected chi connectivity index (χ4v) is 1.48. The Morgan fingerprint density at radius 2 is 1.71 bits per heavy atom. The highest BCUT2D eigenvalue weighted by Gasteiger charge is 2.19. The van der Waals surface area contributed by atoms with Crippen LogP contribution < -0.4 is 5.73 Å². The molecule has 0 radical (unpaired) electrons. The fraction of sp³-hybridized carbons (Fsp3) is 0.455. The predicted molar refractivity (Wildman–Crippen MR) is 56.2 cm³/mol. The second kappa shape index (κ2) is 3.98. The number of phenolic OH excluding ortho intramolecular Hbond substituents is 1. The van der Waals surface area contributed by atoms with Crippen molar-refractivity contribution < 1.29 is 10.2 Å². The molecule has 78 valence electrons. The summed E-state index contributed by atoms with van der Waals surface area (Å²) in [6.45, 7) is 5.30. The van der Waals surface area contributed by atoms with E-state index < -0.39 is 12.1 Å². The van der Waals surface area contributed by atoms with E-state index in [2.05, 4.69) is 0 Å². The molecule has 1 rings (SSSR count). The zero-order chi connectivity index (χ0) is 10.9. The summed E-state index contributed by atoms with van der Waals surface area (Å²) in [4.78, 5) is 0. The number of aromatic hydroxyl groups is 1. The van der Waals surface area contributed by atoms with E-state index in [-0.39, 0.29) is 5.75 Å². The van der Waals surface area contributed by atoms with Crippen LogP contribution in [0.4, 0.5) is 0 Å². The van der Waals surface area contributed by atoms with Crippen molar-refractivity contribution in [3.05, 3.63) is 28.8 Å². The molecule has 0 fully saturated rings. The van der Waals surface area contributed by atoms with Gasteiger partial charge in [0.25, 0.3) is 0 Å². The van der Waals surface area contributed by atoms with Crippen molar-refractivity contribution in [1.29, 1.82) is 0 Å². The molecule has 1 aromatic carbocycles. The van der Waals surface area contributed by atoms with E-state index in [1.807, 2.05) is 26.0 Å². The van der Waals surface area contributed by atoms with Gasteiger partial charge in [-0.15, -0.1) is 0 Å². The second-order valence-electron chi connectivity index (χ2n) is 3.73. The molecule has 4 N–H and O–H groups in total. The first-order valence-electron chi connectivity index (χ1n) is 4.68. The summed E-state index contributed by atoms with van der Waals surface area (Å²) in [5.41, 5.74) is 8.12. The second-order valence-corrected chi connectivity index (χ2v) is 3.73. The van der Waals surface area contributed by atoms with Crippen molar-refractivity contribution >= 4 is 0 Å². The fourth-order valence-electron chi connectivity index (χ4n) is 1.48. The number of nitrogens with two attached hydrogens (primary N) is 1. The lowest BCUT2D eigenvalue weighted by molar-refractivity contribution is 0.162. The number of benzene rings is 1. The summed E-state index contributed by atoms with van der Waals surface area (Å²) in [5.74, 6) is 0.193. The highest BCUT2D eigenvalue weighted by atomic mass is 16.3. The van der Waals surface area contributed by atoms with Crippen LogP contribution in [0.25, 0.3) is 0 Å². The van der Waals surface area contributed by atoms with Crippen LogP contribution in [0.15, 0.2) is 12.1 Å². The predicted octanol–water partition coefficient (Wildman–Crippen LogP) is 1.39.